The van der Waals surface area contributed by atoms with Crippen LogP contribution in [0.1, 0.15) is 30.3 Å². The number of nitrogens with two attached hydrogens (primary N) is 2. The number of hydrogen-bond acceptors (Lipinski definition) is 8. The highest BCUT2D eigenvalue weighted by Crippen LogP contribution is 2.35. The molecule has 1 aliphatic rings. The van der Waals surface area contributed by atoms with Crippen LogP contribution in [0.25, 0.3) is 0 Å². The quantitative estimate of drug-likeness (QED) is 0.734. The first-order valence-electron chi connectivity index (χ1n) is 8.03. The minimum absolute atomic E-state index is 0.270. The number of hydrogen-bond donors (Lipinski definition) is 2. The summed E-state index contributed by atoms with van der Waals surface area (Å²) in [5.74, 6) is 2.29. The van der Waals surface area contributed by atoms with Gasteiger partial charge in [-0.3, -0.25) is 0 Å². The third-order valence-corrected chi connectivity index (χ3v) is 4.34. The van der Waals surface area contributed by atoms with Crippen LogP contribution >= 0.6 is 0 Å². The fourth-order valence-corrected chi connectivity index (χ4v) is 2.85. The monoisotopic (exact) mass is 332 g/mol. The molecule has 1 saturated carbocycles. The summed E-state index contributed by atoms with van der Waals surface area (Å²) < 4.78 is 7.08. The standard InChI is InChI=1S/C15H24N8O/c1-22(8-14-21-18-9-23(14)3-4-24-2)13-7-12(19-15(17)20-13)10-5-11(16)6-10/h7,9-11H,3-6,8,16H2,1-2H3,(H2,17,19,20). The van der Waals surface area contributed by atoms with Crippen molar-refractivity contribution in [3.8, 4) is 0 Å². The van der Waals surface area contributed by atoms with Crippen molar-refractivity contribution < 1.29 is 4.74 Å². The average Bonchev–Trinajstić information content (AvgIpc) is 2.96. The molecule has 0 radical (unpaired) electrons. The van der Waals surface area contributed by atoms with E-state index in [9.17, 15) is 0 Å². The lowest BCUT2D eigenvalue weighted by molar-refractivity contribution is 0.186. The van der Waals surface area contributed by atoms with Gasteiger partial charge in [-0.1, -0.05) is 0 Å². The summed E-state index contributed by atoms with van der Waals surface area (Å²) in [5, 5.41) is 8.15. The topological polar surface area (TPSA) is 121 Å². The molecule has 24 heavy (non-hydrogen) atoms. The van der Waals surface area contributed by atoms with E-state index in [1.807, 2.05) is 22.6 Å². The van der Waals surface area contributed by atoms with Crippen LogP contribution in [0, 0.1) is 0 Å². The number of nitrogen functional groups attached to an aromatic ring is 1. The van der Waals surface area contributed by atoms with Crippen molar-refractivity contribution in [2.24, 2.45) is 5.73 Å². The van der Waals surface area contributed by atoms with Gasteiger partial charge in [0.05, 0.1) is 18.8 Å². The number of methoxy groups -OCH3 is 1. The zero-order chi connectivity index (χ0) is 17.1. The molecule has 2 heterocycles. The van der Waals surface area contributed by atoms with Gasteiger partial charge in [0, 0.05) is 38.7 Å². The molecule has 130 valence electrons. The molecule has 1 fully saturated rings. The first kappa shape index (κ1) is 16.6. The van der Waals surface area contributed by atoms with Gasteiger partial charge in [-0.2, -0.15) is 4.98 Å². The number of nitrogens with zero attached hydrogens (tertiary/aromatic N) is 6. The Morgan fingerprint density at radius 3 is 2.88 bits per heavy atom. The molecule has 0 aromatic carbocycles. The van der Waals surface area contributed by atoms with E-state index in [2.05, 4.69) is 20.2 Å². The molecular formula is C15H24N8O. The Bertz CT molecular complexity index is 682. The molecule has 0 bridgehead atoms. The summed E-state index contributed by atoms with van der Waals surface area (Å²) >= 11 is 0. The van der Waals surface area contributed by atoms with Gasteiger partial charge in [-0.05, 0) is 12.8 Å². The molecule has 9 heteroatoms. The van der Waals surface area contributed by atoms with Crippen molar-refractivity contribution in [1.29, 1.82) is 0 Å². The highest BCUT2D eigenvalue weighted by molar-refractivity contribution is 5.44. The van der Waals surface area contributed by atoms with E-state index in [1.54, 1.807) is 13.4 Å². The minimum Gasteiger partial charge on any atom is -0.383 e. The van der Waals surface area contributed by atoms with Gasteiger partial charge in [-0.15, -0.1) is 10.2 Å². The average molecular weight is 332 g/mol. The molecule has 2 aromatic heterocycles. The number of ether oxygens (including phenoxy) is 1. The fourth-order valence-electron chi connectivity index (χ4n) is 2.85. The highest BCUT2D eigenvalue weighted by atomic mass is 16.5. The van der Waals surface area contributed by atoms with E-state index in [1.165, 1.54) is 0 Å². The largest absolute Gasteiger partial charge is 0.383 e. The van der Waals surface area contributed by atoms with E-state index < -0.39 is 0 Å². The van der Waals surface area contributed by atoms with Gasteiger partial charge >= 0.3 is 0 Å². The first-order chi connectivity index (χ1) is 11.6. The Hall–Kier alpha value is -2.26. The summed E-state index contributed by atoms with van der Waals surface area (Å²) in [4.78, 5) is 10.7. The van der Waals surface area contributed by atoms with Crippen LogP contribution in [0.15, 0.2) is 12.4 Å². The lowest BCUT2D eigenvalue weighted by Gasteiger charge is -2.32. The molecule has 1 aliphatic carbocycles. The summed E-state index contributed by atoms with van der Waals surface area (Å²) in [7, 11) is 3.63. The Balaban J connectivity index is 1.73. The summed E-state index contributed by atoms with van der Waals surface area (Å²) in [5.41, 5.74) is 12.7. The lowest BCUT2D eigenvalue weighted by Crippen LogP contribution is -2.35. The molecule has 0 amide bonds. The predicted molar refractivity (Wildman–Crippen MR) is 90.4 cm³/mol. The lowest BCUT2D eigenvalue weighted by atomic mass is 9.78. The normalized spacial score (nSPS) is 20.0. The Morgan fingerprint density at radius 1 is 1.38 bits per heavy atom. The van der Waals surface area contributed by atoms with Crippen LogP contribution < -0.4 is 16.4 Å². The van der Waals surface area contributed by atoms with Crippen LogP contribution in [0.4, 0.5) is 11.8 Å². The minimum atomic E-state index is 0.270. The summed E-state index contributed by atoms with van der Waals surface area (Å²) in [6.07, 6.45) is 3.60. The summed E-state index contributed by atoms with van der Waals surface area (Å²) in [6, 6.07) is 2.26. The summed E-state index contributed by atoms with van der Waals surface area (Å²) in [6.45, 7) is 1.90. The van der Waals surface area contributed by atoms with E-state index in [-0.39, 0.29) is 12.0 Å². The third kappa shape index (κ3) is 3.62. The Morgan fingerprint density at radius 2 is 2.17 bits per heavy atom. The van der Waals surface area contributed by atoms with Gasteiger partial charge in [0.15, 0.2) is 5.82 Å². The van der Waals surface area contributed by atoms with Gasteiger partial charge < -0.3 is 25.7 Å². The maximum Gasteiger partial charge on any atom is 0.222 e. The van der Waals surface area contributed by atoms with Crippen LogP contribution in [0.2, 0.25) is 0 Å². The van der Waals surface area contributed by atoms with Crippen LogP contribution in [0.5, 0.6) is 0 Å². The van der Waals surface area contributed by atoms with Gasteiger partial charge in [0.25, 0.3) is 0 Å². The van der Waals surface area contributed by atoms with Crippen molar-refractivity contribution in [1.82, 2.24) is 24.7 Å². The van der Waals surface area contributed by atoms with E-state index in [0.29, 0.717) is 25.6 Å². The molecule has 4 N–H and O–H groups in total. The van der Waals surface area contributed by atoms with Crippen molar-refractivity contribution >= 4 is 11.8 Å². The molecule has 0 unspecified atom stereocenters. The van der Waals surface area contributed by atoms with E-state index >= 15 is 0 Å². The highest BCUT2D eigenvalue weighted by Gasteiger charge is 2.29. The molecule has 2 aromatic rings. The molecule has 0 aliphatic heterocycles. The molecule has 3 rings (SSSR count). The van der Waals surface area contributed by atoms with E-state index in [4.69, 9.17) is 16.2 Å². The SMILES string of the molecule is COCCn1cnnc1CN(C)c1cc(C2CC(N)C2)nc(N)n1. The molecular weight excluding hydrogens is 308 g/mol. The van der Waals surface area contributed by atoms with Crippen molar-refractivity contribution in [3.05, 3.63) is 23.9 Å². The Labute approximate surface area is 141 Å². The second kappa shape index (κ2) is 7.10. The van der Waals surface area contributed by atoms with Crippen LogP contribution in [-0.2, 0) is 17.8 Å². The predicted octanol–water partition coefficient (Wildman–Crippen LogP) is 0.138. The second-order valence-electron chi connectivity index (χ2n) is 6.23. The smallest absolute Gasteiger partial charge is 0.222 e. The van der Waals surface area contributed by atoms with Gasteiger partial charge in [0.1, 0.15) is 12.1 Å². The van der Waals surface area contributed by atoms with Crippen molar-refractivity contribution in [2.75, 3.05) is 31.4 Å². The van der Waals surface area contributed by atoms with Gasteiger partial charge in [-0.25, -0.2) is 4.98 Å². The maximum atomic E-state index is 5.89. The number of rotatable bonds is 7. The first-order valence-corrected chi connectivity index (χ1v) is 8.03. The number of anilines is 2. The van der Waals surface area contributed by atoms with Crippen LogP contribution in [-0.4, -0.2) is 51.5 Å². The third-order valence-electron chi connectivity index (χ3n) is 4.34. The van der Waals surface area contributed by atoms with Crippen molar-refractivity contribution in [2.45, 2.75) is 37.9 Å². The molecule has 0 spiro atoms. The molecule has 0 saturated heterocycles. The van der Waals surface area contributed by atoms with Crippen LogP contribution in [0.3, 0.4) is 0 Å². The molecule has 0 atom stereocenters. The zero-order valence-electron chi connectivity index (χ0n) is 14.1. The second-order valence-corrected chi connectivity index (χ2v) is 6.23. The molecule has 9 nitrogen and oxygen atoms in total. The number of aromatic nitrogens is 5. The fraction of sp³-hybridized carbons (Fsp3) is 0.600. The maximum absolute atomic E-state index is 5.89. The Kier molecular flexibility index (Phi) is 4.91. The van der Waals surface area contributed by atoms with Gasteiger partial charge in [0.2, 0.25) is 5.95 Å². The van der Waals surface area contributed by atoms with Crippen molar-refractivity contribution in [3.63, 3.8) is 0 Å². The van der Waals surface area contributed by atoms with E-state index in [0.717, 1.165) is 30.2 Å². The zero-order valence-corrected chi connectivity index (χ0v) is 14.1.